The van der Waals surface area contributed by atoms with E-state index in [-0.39, 0.29) is 73.7 Å². The number of amides is 5. The largest absolute Gasteiger partial charge is 0.493 e. The number of rotatable bonds is 5. The fourth-order valence-electron chi connectivity index (χ4n) is 6.01. The minimum Gasteiger partial charge on any atom is -0.493 e. The molecule has 55 heavy (non-hydrogen) atoms. The third kappa shape index (κ3) is 10.3. The van der Waals surface area contributed by atoms with Crippen LogP contribution >= 0.6 is 0 Å². The van der Waals surface area contributed by atoms with E-state index in [4.69, 9.17) is 9.47 Å². The van der Waals surface area contributed by atoms with E-state index in [1.165, 1.54) is 49.3 Å². The molecule has 16 nitrogen and oxygen atoms in total. The third-order valence-corrected chi connectivity index (χ3v) is 9.28. The number of carbonyl (C=O) groups is 5. The fourth-order valence-corrected chi connectivity index (χ4v) is 6.01. The summed E-state index contributed by atoms with van der Waals surface area (Å²) in [5, 5.41) is 31.8. The summed E-state index contributed by atoms with van der Waals surface area (Å²) in [6, 6.07) is 10.7. The number of nitrogens with zero attached hydrogens (tertiary/aromatic N) is 3. The van der Waals surface area contributed by atoms with Gasteiger partial charge in [0, 0.05) is 49.8 Å². The van der Waals surface area contributed by atoms with Crippen molar-refractivity contribution in [2.45, 2.75) is 64.8 Å². The predicted molar refractivity (Wildman–Crippen MR) is 198 cm³/mol. The molecule has 0 fully saturated rings. The van der Waals surface area contributed by atoms with E-state index in [0.717, 1.165) is 6.07 Å². The van der Waals surface area contributed by atoms with Gasteiger partial charge in [0.1, 0.15) is 34.7 Å². The lowest BCUT2D eigenvalue weighted by Crippen LogP contribution is -2.58. The molecule has 0 saturated carbocycles. The Morgan fingerprint density at radius 1 is 0.964 bits per heavy atom. The molecule has 5 amide bonds. The van der Waals surface area contributed by atoms with Gasteiger partial charge < -0.3 is 40.7 Å². The average molecular weight is 761 g/mol. The van der Waals surface area contributed by atoms with Crippen molar-refractivity contribution < 1.29 is 42.9 Å². The molecule has 1 aromatic heterocycles. The van der Waals surface area contributed by atoms with E-state index in [0.29, 0.717) is 28.6 Å². The summed E-state index contributed by atoms with van der Waals surface area (Å²) in [7, 11) is 1.42. The maximum Gasteiger partial charge on any atom is 0.253 e. The molecule has 292 valence electrons. The van der Waals surface area contributed by atoms with Crippen molar-refractivity contribution in [3.8, 4) is 17.2 Å². The van der Waals surface area contributed by atoms with Gasteiger partial charge in [-0.25, -0.2) is 4.39 Å². The number of aliphatic hydroxyl groups excluding tert-OH is 1. The summed E-state index contributed by atoms with van der Waals surface area (Å²) in [6.45, 7) is 5.01. The standard InChI is InChI=1S/C38H45FN8O8/c1-5-21(2)33-36(51)41-20-23-15-26(39)19-27(16-23)55-31-18-24(9-11-30(31)54-4)35(50)40-12-14-47(38(53)25-8-10-28-29(17-25)45-46-44-28)13-6-7-32(49)42-34(22(3)48)37(52)43-33/h8-11,15-19,21-22,33-34,48H,5-7,12-14,20H2,1-4H3,(H,40,50)(H,41,51)(H,42,49)(H,43,52)(H,44,45,46)/t21-,22+,33-,34-/m0/s1. The van der Waals surface area contributed by atoms with E-state index in [1.807, 2.05) is 6.92 Å². The Morgan fingerprint density at radius 3 is 2.49 bits per heavy atom. The maximum atomic E-state index is 14.8. The van der Waals surface area contributed by atoms with Crippen LogP contribution in [0.3, 0.4) is 0 Å². The number of aromatic nitrogens is 3. The molecular formula is C38H45FN8O8. The summed E-state index contributed by atoms with van der Waals surface area (Å²) in [5.41, 5.74) is 1.90. The number of methoxy groups -OCH3 is 1. The number of benzene rings is 3. The number of aliphatic hydroxyl groups is 1. The Balaban J connectivity index is 1.45. The van der Waals surface area contributed by atoms with Crippen molar-refractivity contribution in [2.24, 2.45) is 5.92 Å². The topological polar surface area (TPSA) is 217 Å². The van der Waals surface area contributed by atoms with E-state index in [2.05, 4.69) is 36.7 Å². The van der Waals surface area contributed by atoms with Crippen molar-refractivity contribution in [1.29, 1.82) is 0 Å². The summed E-state index contributed by atoms with van der Waals surface area (Å²) >= 11 is 0. The summed E-state index contributed by atoms with van der Waals surface area (Å²) in [5.74, 6) is -3.33. The van der Waals surface area contributed by atoms with Gasteiger partial charge in [0.05, 0.1) is 13.2 Å². The van der Waals surface area contributed by atoms with Crippen LogP contribution < -0.4 is 30.7 Å². The third-order valence-electron chi connectivity index (χ3n) is 9.28. The lowest BCUT2D eigenvalue weighted by Gasteiger charge is -2.28. The Hall–Kier alpha value is -6.10. The molecule has 3 aromatic carbocycles. The second-order valence-corrected chi connectivity index (χ2v) is 13.3. The van der Waals surface area contributed by atoms with Gasteiger partial charge in [0.25, 0.3) is 11.8 Å². The van der Waals surface area contributed by atoms with Gasteiger partial charge >= 0.3 is 0 Å². The van der Waals surface area contributed by atoms with Gasteiger partial charge in [-0.1, -0.05) is 20.3 Å². The molecule has 0 spiro atoms. The van der Waals surface area contributed by atoms with E-state index in [9.17, 15) is 33.5 Å². The Morgan fingerprint density at radius 2 is 1.75 bits per heavy atom. The van der Waals surface area contributed by atoms with Crippen LogP contribution in [0.25, 0.3) is 11.0 Å². The smallest absolute Gasteiger partial charge is 0.253 e. The molecule has 1 aliphatic heterocycles. The average Bonchev–Trinajstić information content (AvgIpc) is 3.64. The first-order chi connectivity index (χ1) is 26.4. The van der Waals surface area contributed by atoms with E-state index >= 15 is 0 Å². The lowest BCUT2D eigenvalue weighted by atomic mass is 9.97. The van der Waals surface area contributed by atoms with Crippen molar-refractivity contribution in [3.05, 3.63) is 77.1 Å². The molecule has 0 radical (unpaired) electrons. The van der Waals surface area contributed by atoms with Crippen molar-refractivity contribution in [1.82, 2.24) is 41.6 Å². The van der Waals surface area contributed by atoms with E-state index < -0.39 is 47.6 Å². The van der Waals surface area contributed by atoms with Gasteiger partial charge in [-0.05, 0) is 73.4 Å². The minimum absolute atomic E-state index is 0.0335. The molecule has 6 N–H and O–H groups in total. The minimum atomic E-state index is -1.39. The van der Waals surface area contributed by atoms with Crippen LogP contribution in [0.2, 0.25) is 0 Å². The van der Waals surface area contributed by atoms with Gasteiger partial charge in [-0.15, -0.1) is 0 Å². The van der Waals surface area contributed by atoms with Crippen LogP contribution in [0.15, 0.2) is 54.6 Å². The number of hydrogen-bond donors (Lipinski definition) is 6. The maximum absolute atomic E-state index is 14.8. The number of carbonyl (C=O) groups excluding carboxylic acids is 5. The normalized spacial score (nSPS) is 19.1. The van der Waals surface area contributed by atoms with E-state index in [1.54, 1.807) is 25.1 Å². The molecule has 0 unspecified atom stereocenters. The van der Waals surface area contributed by atoms with Gasteiger partial charge in [-0.3, -0.25) is 24.0 Å². The zero-order valence-corrected chi connectivity index (χ0v) is 31.0. The van der Waals surface area contributed by atoms with Crippen molar-refractivity contribution in [2.75, 3.05) is 26.7 Å². The van der Waals surface area contributed by atoms with Crippen molar-refractivity contribution in [3.63, 3.8) is 0 Å². The van der Waals surface area contributed by atoms with Crippen molar-refractivity contribution >= 4 is 40.6 Å². The molecule has 1 aliphatic rings. The summed E-state index contributed by atoms with van der Waals surface area (Å²) in [6.07, 6.45) is -0.763. The summed E-state index contributed by atoms with van der Waals surface area (Å²) in [4.78, 5) is 68.6. The first kappa shape index (κ1) is 40.1. The van der Waals surface area contributed by atoms with Gasteiger partial charge in [0.15, 0.2) is 11.5 Å². The highest BCUT2D eigenvalue weighted by atomic mass is 19.1. The Bertz CT molecular complexity index is 2040. The lowest BCUT2D eigenvalue weighted by molar-refractivity contribution is -0.135. The SMILES string of the molecule is CC[C@H](C)[C@@H]1NC(=O)[C@H]([C@@H](C)O)NC(=O)CCCN(C(=O)c2ccc3n[nH]nc3c2)CCNC(=O)c2ccc(OC)c(c2)Oc2cc(F)cc(c2)CNC1=O. The molecule has 2 heterocycles. The van der Waals surface area contributed by atoms with Crippen LogP contribution in [0.1, 0.15) is 66.3 Å². The molecule has 0 saturated heterocycles. The first-order valence-corrected chi connectivity index (χ1v) is 18.0. The number of halogens is 1. The molecule has 4 bridgehead atoms. The highest BCUT2D eigenvalue weighted by Gasteiger charge is 2.32. The number of aromatic amines is 1. The molecular weight excluding hydrogens is 715 g/mol. The molecule has 5 rings (SSSR count). The molecule has 0 aliphatic carbocycles. The number of H-pyrrole nitrogens is 1. The first-order valence-electron chi connectivity index (χ1n) is 18.0. The molecule has 4 aromatic rings. The second kappa shape index (κ2) is 18.3. The zero-order chi connectivity index (χ0) is 39.6. The summed E-state index contributed by atoms with van der Waals surface area (Å²) < 4.78 is 26.3. The fraction of sp³-hybridized carbons (Fsp3) is 0.395. The number of fused-ring (bicyclic) bond motifs is 5. The van der Waals surface area contributed by atoms with Crippen LogP contribution in [-0.2, 0) is 20.9 Å². The predicted octanol–water partition coefficient (Wildman–Crippen LogP) is 2.58. The van der Waals surface area contributed by atoms with Gasteiger partial charge in [0.2, 0.25) is 17.7 Å². The number of ether oxygens (including phenoxy) is 2. The Kier molecular flexibility index (Phi) is 13.3. The highest BCUT2D eigenvalue weighted by Crippen LogP contribution is 2.33. The van der Waals surface area contributed by atoms with Crippen LogP contribution in [0.4, 0.5) is 4.39 Å². The number of nitrogens with one attached hydrogen (secondary N) is 5. The number of hydrogen-bond acceptors (Lipinski definition) is 10. The highest BCUT2D eigenvalue weighted by molar-refractivity contribution is 5.98. The van der Waals surface area contributed by atoms with Crippen LogP contribution in [0, 0.1) is 11.7 Å². The van der Waals surface area contributed by atoms with Gasteiger partial charge in [-0.2, -0.15) is 15.4 Å². The zero-order valence-electron chi connectivity index (χ0n) is 31.0. The Labute approximate surface area is 316 Å². The second-order valence-electron chi connectivity index (χ2n) is 13.3. The monoisotopic (exact) mass is 760 g/mol. The van der Waals surface area contributed by atoms with Crippen LogP contribution in [-0.4, -0.2) is 99.9 Å². The molecule has 17 heteroatoms. The quantitative estimate of drug-likeness (QED) is 0.175. The molecule has 4 atom stereocenters. The van der Waals surface area contributed by atoms with Crippen LogP contribution in [0.5, 0.6) is 17.2 Å².